The minimum absolute atomic E-state index is 0.0700. The Morgan fingerprint density at radius 2 is 1.88 bits per heavy atom. The number of fused-ring (bicyclic) bond motifs is 1. The van der Waals surface area contributed by atoms with Gasteiger partial charge in [0.2, 0.25) is 15.9 Å². The number of nitrogens with zero attached hydrogens (tertiary/aromatic N) is 3. The number of hydrogen-bond acceptors (Lipinski definition) is 5. The topological polar surface area (TPSA) is 93.5 Å². The van der Waals surface area contributed by atoms with Crippen LogP contribution in [0.5, 0.6) is 0 Å². The maximum atomic E-state index is 13.1. The van der Waals surface area contributed by atoms with Crippen LogP contribution in [0.4, 0.5) is 5.69 Å². The average Bonchev–Trinajstić information content (AvgIpc) is 3.17. The molecule has 0 unspecified atom stereocenters. The standard InChI is InChI=1S/C25H32N4O4S/c1-4-11-29-23-8-7-20(34(31,32)28-12-14-33-15-13-28)17-22(23)26-24(29)9-10-25(30)27-21-16-18(2)5-6-19(21)3/h5-8,16-17H,4,9-15H2,1-3H3,(H,27,30). The number of amides is 1. The van der Waals surface area contributed by atoms with Gasteiger partial charge in [0.15, 0.2) is 0 Å². The Morgan fingerprint density at radius 1 is 1.12 bits per heavy atom. The SMILES string of the molecule is CCCn1c(CCC(=O)Nc2cc(C)ccc2C)nc2cc(S(=O)(=O)N3CCOCC3)ccc21. The van der Waals surface area contributed by atoms with Crippen molar-refractivity contribution < 1.29 is 17.9 Å². The first-order valence-corrected chi connectivity index (χ1v) is 13.2. The Morgan fingerprint density at radius 3 is 2.62 bits per heavy atom. The van der Waals surface area contributed by atoms with Gasteiger partial charge in [0.05, 0.1) is 29.1 Å². The number of ether oxygens (including phenoxy) is 1. The second kappa shape index (κ2) is 10.2. The largest absolute Gasteiger partial charge is 0.379 e. The van der Waals surface area contributed by atoms with Crippen LogP contribution < -0.4 is 5.32 Å². The van der Waals surface area contributed by atoms with Gasteiger partial charge < -0.3 is 14.6 Å². The number of carbonyl (C=O) groups excluding carboxylic acids is 1. The summed E-state index contributed by atoms with van der Waals surface area (Å²) in [7, 11) is -3.60. The molecule has 0 saturated carbocycles. The van der Waals surface area contributed by atoms with E-state index >= 15 is 0 Å². The lowest BCUT2D eigenvalue weighted by Crippen LogP contribution is -2.40. The van der Waals surface area contributed by atoms with Gasteiger partial charge in [-0.2, -0.15) is 4.31 Å². The van der Waals surface area contributed by atoms with Gasteiger partial charge in [-0.05, 0) is 55.7 Å². The molecule has 34 heavy (non-hydrogen) atoms. The van der Waals surface area contributed by atoms with Crippen LogP contribution in [-0.2, 0) is 32.5 Å². The van der Waals surface area contributed by atoms with E-state index in [0.29, 0.717) is 44.7 Å². The molecule has 0 atom stereocenters. The number of hydrogen-bond donors (Lipinski definition) is 1. The second-order valence-electron chi connectivity index (χ2n) is 8.71. The van der Waals surface area contributed by atoms with Crippen molar-refractivity contribution in [1.82, 2.24) is 13.9 Å². The van der Waals surface area contributed by atoms with E-state index in [1.807, 2.05) is 38.1 Å². The first kappa shape index (κ1) is 24.4. The van der Waals surface area contributed by atoms with Gasteiger partial charge >= 0.3 is 0 Å². The third-order valence-corrected chi connectivity index (χ3v) is 7.99. The summed E-state index contributed by atoms with van der Waals surface area (Å²) in [5.74, 6) is 0.716. The maximum absolute atomic E-state index is 13.1. The molecule has 4 rings (SSSR count). The molecule has 182 valence electrons. The number of carbonyl (C=O) groups is 1. The summed E-state index contributed by atoms with van der Waals surface area (Å²) in [6.45, 7) is 8.31. The fourth-order valence-corrected chi connectivity index (χ4v) is 5.66. The predicted octanol–water partition coefficient (Wildman–Crippen LogP) is 3.66. The summed E-state index contributed by atoms with van der Waals surface area (Å²) in [4.78, 5) is 17.6. The molecule has 0 radical (unpaired) electrons. The van der Waals surface area contributed by atoms with Crippen LogP contribution in [-0.4, -0.2) is 54.5 Å². The Kier molecular flexibility index (Phi) is 7.35. The molecule has 2 aromatic carbocycles. The van der Waals surface area contributed by atoms with Crippen molar-refractivity contribution in [2.24, 2.45) is 0 Å². The molecule has 1 amide bonds. The predicted molar refractivity (Wildman–Crippen MR) is 132 cm³/mol. The molecule has 2 heterocycles. The van der Waals surface area contributed by atoms with Gasteiger partial charge in [0, 0.05) is 38.2 Å². The number of benzene rings is 2. The Bertz CT molecular complexity index is 1290. The number of aryl methyl sites for hydroxylation is 4. The van der Waals surface area contributed by atoms with Gasteiger partial charge in [-0.3, -0.25) is 4.79 Å². The first-order chi connectivity index (χ1) is 16.3. The number of imidazole rings is 1. The van der Waals surface area contributed by atoms with Crippen LogP contribution in [0.15, 0.2) is 41.3 Å². The van der Waals surface area contributed by atoms with Gasteiger partial charge in [-0.15, -0.1) is 0 Å². The second-order valence-corrected chi connectivity index (χ2v) is 10.7. The van der Waals surface area contributed by atoms with E-state index in [-0.39, 0.29) is 10.8 Å². The fourth-order valence-electron chi connectivity index (χ4n) is 4.23. The summed E-state index contributed by atoms with van der Waals surface area (Å²) in [5, 5.41) is 3.00. The molecule has 9 heteroatoms. The Balaban J connectivity index is 1.55. The molecule has 0 aliphatic carbocycles. The Labute approximate surface area is 201 Å². The molecular formula is C25H32N4O4S. The van der Waals surface area contributed by atoms with Crippen LogP contribution in [0.25, 0.3) is 11.0 Å². The lowest BCUT2D eigenvalue weighted by Gasteiger charge is -2.26. The minimum Gasteiger partial charge on any atom is -0.379 e. The smallest absolute Gasteiger partial charge is 0.243 e. The summed E-state index contributed by atoms with van der Waals surface area (Å²) < 4.78 is 35.0. The van der Waals surface area contributed by atoms with Crippen molar-refractivity contribution in [3.63, 3.8) is 0 Å². The van der Waals surface area contributed by atoms with E-state index in [2.05, 4.69) is 16.8 Å². The number of anilines is 1. The number of nitrogens with one attached hydrogen (secondary N) is 1. The van der Waals surface area contributed by atoms with Crippen molar-refractivity contribution in [3.05, 3.63) is 53.3 Å². The summed E-state index contributed by atoms with van der Waals surface area (Å²) in [5.41, 5.74) is 4.45. The fraction of sp³-hybridized carbons (Fsp3) is 0.440. The van der Waals surface area contributed by atoms with Crippen LogP contribution >= 0.6 is 0 Å². The molecule has 8 nitrogen and oxygen atoms in total. The van der Waals surface area contributed by atoms with Crippen molar-refractivity contribution in [2.75, 3.05) is 31.6 Å². The highest BCUT2D eigenvalue weighted by atomic mass is 32.2. The molecule has 1 aromatic heterocycles. The quantitative estimate of drug-likeness (QED) is 0.527. The lowest BCUT2D eigenvalue weighted by molar-refractivity contribution is -0.116. The molecule has 3 aromatic rings. The van der Waals surface area contributed by atoms with E-state index < -0.39 is 10.0 Å². The summed E-state index contributed by atoms with van der Waals surface area (Å²) in [6, 6.07) is 11.1. The van der Waals surface area contributed by atoms with E-state index in [1.165, 1.54) is 4.31 Å². The highest BCUT2D eigenvalue weighted by molar-refractivity contribution is 7.89. The molecule has 1 N–H and O–H groups in total. The van der Waals surface area contributed by atoms with E-state index in [1.54, 1.807) is 12.1 Å². The molecular weight excluding hydrogens is 452 g/mol. The maximum Gasteiger partial charge on any atom is 0.243 e. The molecule has 1 fully saturated rings. The van der Waals surface area contributed by atoms with Crippen LogP contribution in [0.2, 0.25) is 0 Å². The van der Waals surface area contributed by atoms with Crippen molar-refractivity contribution in [3.8, 4) is 0 Å². The summed E-state index contributed by atoms with van der Waals surface area (Å²) >= 11 is 0. The van der Waals surface area contributed by atoms with Gasteiger partial charge in [0.1, 0.15) is 5.82 Å². The van der Waals surface area contributed by atoms with Crippen molar-refractivity contribution >= 4 is 32.7 Å². The minimum atomic E-state index is -3.60. The molecule has 1 aliphatic rings. The van der Waals surface area contributed by atoms with E-state index in [0.717, 1.165) is 41.1 Å². The zero-order valence-electron chi connectivity index (χ0n) is 20.0. The highest BCUT2D eigenvalue weighted by Gasteiger charge is 2.27. The van der Waals surface area contributed by atoms with Gasteiger partial charge in [-0.1, -0.05) is 19.1 Å². The monoisotopic (exact) mass is 484 g/mol. The van der Waals surface area contributed by atoms with Crippen LogP contribution in [0, 0.1) is 13.8 Å². The zero-order chi connectivity index (χ0) is 24.3. The van der Waals surface area contributed by atoms with E-state index in [4.69, 9.17) is 9.72 Å². The summed E-state index contributed by atoms with van der Waals surface area (Å²) in [6.07, 6.45) is 1.66. The first-order valence-electron chi connectivity index (χ1n) is 11.7. The molecule has 0 bridgehead atoms. The number of aromatic nitrogens is 2. The average molecular weight is 485 g/mol. The third-order valence-electron chi connectivity index (χ3n) is 6.10. The lowest BCUT2D eigenvalue weighted by atomic mass is 10.1. The van der Waals surface area contributed by atoms with Crippen molar-refractivity contribution in [1.29, 1.82) is 0 Å². The van der Waals surface area contributed by atoms with E-state index in [9.17, 15) is 13.2 Å². The number of morpholine rings is 1. The molecule has 1 aliphatic heterocycles. The highest BCUT2D eigenvalue weighted by Crippen LogP contribution is 2.25. The zero-order valence-corrected chi connectivity index (χ0v) is 20.8. The van der Waals surface area contributed by atoms with Crippen molar-refractivity contribution in [2.45, 2.75) is 51.5 Å². The normalized spacial score (nSPS) is 15.0. The number of rotatable bonds is 8. The van der Waals surface area contributed by atoms with Crippen LogP contribution in [0.1, 0.15) is 36.7 Å². The van der Waals surface area contributed by atoms with Crippen LogP contribution in [0.3, 0.4) is 0 Å². The number of sulfonamides is 1. The Hall–Kier alpha value is -2.75. The third kappa shape index (κ3) is 5.16. The van der Waals surface area contributed by atoms with Gasteiger partial charge in [0.25, 0.3) is 0 Å². The van der Waals surface area contributed by atoms with Gasteiger partial charge in [-0.25, -0.2) is 13.4 Å². The molecule has 0 spiro atoms. The molecule has 1 saturated heterocycles.